The molecule has 0 fully saturated rings. The summed E-state index contributed by atoms with van der Waals surface area (Å²) in [5.74, 6) is 1.88. The Labute approximate surface area is 168 Å². The third-order valence-corrected chi connectivity index (χ3v) is 6.23. The van der Waals surface area contributed by atoms with Crippen molar-refractivity contribution in [3.05, 3.63) is 64.3 Å². The van der Waals surface area contributed by atoms with Crippen LogP contribution in [-0.4, -0.2) is 0 Å². The number of fused-ring (bicyclic) bond motifs is 1. The Morgan fingerprint density at radius 1 is 0.913 bits per heavy atom. The van der Waals surface area contributed by atoms with E-state index in [-0.39, 0.29) is 24.8 Å². The van der Waals surface area contributed by atoms with Crippen molar-refractivity contribution in [2.24, 2.45) is 17.8 Å². The van der Waals surface area contributed by atoms with Crippen LogP contribution < -0.4 is 24.8 Å². The van der Waals surface area contributed by atoms with Gasteiger partial charge in [0.15, 0.2) is 0 Å². The first-order valence-corrected chi connectivity index (χ1v) is 9.36. The Morgan fingerprint density at radius 3 is 2.13 bits per heavy atom. The molecule has 1 aromatic rings. The molecule has 2 aliphatic rings. The number of rotatable bonds is 3. The number of benzene rings is 1. The van der Waals surface area contributed by atoms with Gasteiger partial charge in [-0.15, -0.1) is 0 Å². The summed E-state index contributed by atoms with van der Waals surface area (Å²) in [5.41, 5.74) is 7.61. The molecule has 121 valence electrons. The van der Waals surface area contributed by atoms with E-state index in [4.69, 9.17) is 0 Å². The minimum Gasteiger partial charge on any atom is -1.00 e. The zero-order valence-electron chi connectivity index (χ0n) is 14.1. The zero-order chi connectivity index (χ0) is 15.1. The van der Waals surface area contributed by atoms with Gasteiger partial charge in [-0.05, 0) is 0 Å². The monoisotopic (exact) mass is 423 g/mol. The predicted molar refractivity (Wildman–Crippen MR) is 86.5 cm³/mol. The van der Waals surface area contributed by atoms with E-state index in [0.717, 1.165) is 0 Å². The molecule has 1 aromatic carbocycles. The molecule has 0 heterocycles. The second-order valence-electron chi connectivity index (χ2n) is 6.85. The Bertz CT molecular complexity index is 653. The first-order chi connectivity index (χ1) is 9.99. The van der Waals surface area contributed by atoms with E-state index in [2.05, 4.69) is 70.2 Å². The average molecular weight is 426 g/mol. The van der Waals surface area contributed by atoms with Crippen molar-refractivity contribution in [2.45, 2.75) is 31.3 Å². The van der Waals surface area contributed by atoms with Gasteiger partial charge >= 0.3 is 144 Å². The maximum Gasteiger partial charge on any atom is -1.00 e. The van der Waals surface area contributed by atoms with Gasteiger partial charge in [0.25, 0.3) is 0 Å². The van der Waals surface area contributed by atoms with E-state index in [0.29, 0.717) is 21.4 Å². The molecule has 0 N–H and O–H groups in total. The van der Waals surface area contributed by atoms with Crippen molar-refractivity contribution in [3.8, 4) is 0 Å². The van der Waals surface area contributed by atoms with Crippen LogP contribution in [-0.2, 0) is 24.7 Å². The predicted octanol–water partition coefficient (Wildman–Crippen LogP) is -0.526. The summed E-state index contributed by atoms with van der Waals surface area (Å²) < 4.78 is 0.612. The Kier molecular flexibility index (Phi) is 7.58. The number of hydrogen-bond acceptors (Lipinski definition) is 0. The van der Waals surface area contributed by atoms with Crippen LogP contribution in [0.4, 0.5) is 0 Å². The van der Waals surface area contributed by atoms with E-state index in [1.54, 1.807) is 35.9 Å². The SMILES string of the molecule is CC(C)C1=CC(C(C)C)C(C2=Cc3ccccc3[CH]2[Zr+2])=C1.[Cl-].[Cl-]. The molecule has 0 amide bonds. The fourth-order valence-electron chi connectivity index (χ4n) is 3.38. The Hall–Kier alpha value is -0.0969. The maximum atomic E-state index is 2.51. The number of hydrogen-bond donors (Lipinski definition) is 0. The van der Waals surface area contributed by atoms with Gasteiger partial charge in [0.05, 0.1) is 0 Å². The average Bonchev–Trinajstić information content (AvgIpc) is 3.01. The minimum absolute atomic E-state index is 0. The zero-order valence-corrected chi connectivity index (χ0v) is 18.1. The normalized spacial score (nSPS) is 22.2. The fourth-order valence-corrected chi connectivity index (χ4v) is 4.64. The molecule has 0 aliphatic heterocycles. The second kappa shape index (κ2) is 8.33. The van der Waals surface area contributed by atoms with Crippen LogP contribution in [0.5, 0.6) is 0 Å². The fraction of sp³-hybridized carbons (Fsp3) is 0.400. The molecule has 23 heavy (non-hydrogen) atoms. The molecule has 0 spiro atoms. The van der Waals surface area contributed by atoms with Gasteiger partial charge in [-0.2, -0.15) is 0 Å². The summed E-state index contributed by atoms with van der Waals surface area (Å²) in [6.07, 6.45) is 7.42. The Morgan fingerprint density at radius 2 is 1.57 bits per heavy atom. The third-order valence-electron chi connectivity index (χ3n) is 4.70. The molecule has 0 nitrogen and oxygen atoms in total. The van der Waals surface area contributed by atoms with Crippen LogP contribution in [0.1, 0.15) is 42.4 Å². The molecular formula is C20H23Cl2Zr. The van der Waals surface area contributed by atoms with Gasteiger partial charge < -0.3 is 24.8 Å². The second-order valence-corrected chi connectivity index (χ2v) is 8.27. The van der Waals surface area contributed by atoms with Gasteiger partial charge in [-0.25, -0.2) is 0 Å². The van der Waals surface area contributed by atoms with Crippen LogP contribution in [0.2, 0.25) is 0 Å². The molecule has 2 aliphatic carbocycles. The van der Waals surface area contributed by atoms with Crippen molar-refractivity contribution in [3.63, 3.8) is 0 Å². The minimum atomic E-state index is 0. The van der Waals surface area contributed by atoms with E-state index in [1.165, 1.54) is 16.7 Å². The molecule has 0 saturated heterocycles. The van der Waals surface area contributed by atoms with Crippen LogP contribution in [0.25, 0.3) is 6.08 Å². The van der Waals surface area contributed by atoms with Gasteiger partial charge in [-0.3, -0.25) is 0 Å². The molecule has 2 atom stereocenters. The van der Waals surface area contributed by atoms with Crippen LogP contribution >= 0.6 is 0 Å². The molecule has 0 bridgehead atoms. The van der Waals surface area contributed by atoms with E-state index < -0.39 is 0 Å². The molecule has 0 saturated carbocycles. The summed E-state index contributed by atoms with van der Waals surface area (Å²) in [4.78, 5) is 0. The van der Waals surface area contributed by atoms with Crippen LogP contribution in [0, 0.1) is 17.8 Å². The first-order valence-electron chi connectivity index (χ1n) is 7.94. The number of halogens is 2. The summed E-state index contributed by atoms with van der Waals surface area (Å²) in [5, 5.41) is 0. The van der Waals surface area contributed by atoms with Gasteiger partial charge in [0, 0.05) is 0 Å². The third kappa shape index (κ3) is 3.94. The molecule has 0 aromatic heterocycles. The van der Waals surface area contributed by atoms with Crippen molar-refractivity contribution in [1.82, 2.24) is 0 Å². The van der Waals surface area contributed by atoms with Gasteiger partial charge in [0.2, 0.25) is 0 Å². The van der Waals surface area contributed by atoms with Crippen LogP contribution in [0.15, 0.2) is 53.1 Å². The maximum absolute atomic E-state index is 2.51. The Balaban J connectivity index is 0.00000132. The van der Waals surface area contributed by atoms with E-state index >= 15 is 0 Å². The topological polar surface area (TPSA) is 0 Å². The standard InChI is InChI=1S/C20H23.2ClH.Zr/c1-13(2)17-11-19(14(3)4)20(12-17)18-9-15-7-5-6-8-16(15)10-18;;;/h5-14,19H,1-4H3;2*1H;/q;;;+2/p-2. The van der Waals surface area contributed by atoms with Crippen molar-refractivity contribution >= 4 is 6.08 Å². The summed E-state index contributed by atoms with van der Waals surface area (Å²) in [7, 11) is 0. The van der Waals surface area contributed by atoms with E-state index in [1.807, 2.05) is 0 Å². The van der Waals surface area contributed by atoms with E-state index in [9.17, 15) is 0 Å². The van der Waals surface area contributed by atoms with Crippen molar-refractivity contribution < 1.29 is 49.5 Å². The smallest absolute Gasteiger partial charge is 1.00 e. The summed E-state index contributed by atoms with van der Waals surface area (Å²) in [6, 6.07) is 8.89. The van der Waals surface area contributed by atoms with Crippen molar-refractivity contribution in [1.29, 1.82) is 0 Å². The van der Waals surface area contributed by atoms with Crippen molar-refractivity contribution in [2.75, 3.05) is 0 Å². The molecule has 3 heteroatoms. The van der Waals surface area contributed by atoms with Gasteiger partial charge in [0.1, 0.15) is 0 Å². The molecular weight excluding hydrogens is 402 g/mol. The van der Waals surface area contributed by atoms with Crippen LogP contribution in [0.3, 0.4) is 0 Å². The molecule has 2 unspecified atom stereocenters. The quantitative estimate of drug-likeness (QED) is 0.611. The summed E-state index contributed by atoms with van der Waals surface area (Å²) >= 11 is 1.60. The molecule has 3 rings (SSSR count). The largest absolute Gasteiger partial charge is 1.00 e. The summed E-state index contributed by atoms with van der Waals surface area (Å²) in [6.45, 7) is 9.29. The van der Waals surface area contributed by atoms with Gasteiger partial charge in [-0.1, -0.05) is 0 Å². The first kappa shape index (κ1) is 20.9. The molecule has 0 radical (unpaired) electrons. The number of allylic oxidation sites excluding steroid dienone is 5.